The first kappa shape index (κ1) is 13.3. The van der Waals surface area contributed by atoms with Crippen LogP contribution in [0.25, 0.3) is 16.9 Å². The summed E-state index contributed by atoms with van der Waals surface area (Å²) < 4.78 is 26.9. The number of rotatable bonds is 2. The van der Waals surface area contributed by atoms with Gasteiger partial charge in [0.25, 0.3) is 0 Å². The summed E-state index contributed by atoms with van der Waals surface area (Å²) in [5, 5.41) is 0. The third kappa shape index (κ3) is 1.97. The number of hydrogen-bond acceptors (Lipinski definition) is 4. The first-order valence-electron chi connectivity index (χ1n) is 6.93. The van der Waals surface area contributed by atoms with Crippen molar-refractivity contribution in [3.05, 3.63) is 48.4 Å². The van der Waals surface area contributed by atoms with E-state index in [1.165, 1.54) is 10.6 Å². The Morgan fingerprint density at radius 1 is 1.18 bits per heavy atom. The van der Waals surface area contributed by atoms with E-state index in [1.807, 2.05) is 34.9 Å². The standard InChI is InChI=1S/C15H14N4O2S/c1-22(20,21)19-8-6-11-9-12(4-5-14(11)19)18-10-17-13-3-2-7-16-15(13)18/h2-5,7,9-10H,6,8H2,1H3. The van der Waals surface area contributed by atoms with E-state index in [0.717, 1.165) is 34.5 Å². The molecule has 4 rings (SSSR count). The molecule has 7 heteroatoms. The van der Waals surface area contributed by atoms with Crippen molar-refractivity contribution in [3.8, 4) is 5.69 Å². The fourth-order valence-electron chi connectivity index (χ4n) is 2.89. The van der Waals surface area contributed by atoms with E-state index in [0.29, 0.717) is 6.54 Å². The Bertz CT molecular complexity index is 978. The quantitative estimate of drug-likeness (QED) is 0.722. The van der Waals surface area contributed by atoms with Crippen LogP contribution in [0.1, 0.15) is 5.56 Å². The van der Waals surface area contributed by atoms with Crippen LogP contribution in [-0.4, -0.2) is 35.8 Å². The van der Waals surface area contributed by atoms with E-state index >= 15 is 0 Å². The predicted molar refractivity (Wildman–Crippen MR) is 84.8 cm³/mol. The number of fused-ring (bicyclic) bond motifs is 2. The Kier molecular flexibility index (Phi) is 2.74. The predicted octanol–water partition coefficient (Wildman–Crippen LogP) is 1.74. The minimum absolute atomic E-state index is 0.501. The van der Waals surface area contributed by atoms with Crippen LogP contribution in [0.5, 0.6) is 0 Å². The molecule has 0 saturated carbocycles. The molecule has 0 amide bonds. The van der Waals surface area contributed by atoms with Crippen molar-refractivity contribution in [2.75, 3.05) is 17.1 Å². The number of hydrogen-bond donors (Lipinski definition) is 0. The molecule has 1 aliphatic heterocycles. The Morgan fingerprint density at radius 2 is 2.05 bits per heavy atom. The molecule has 0 unspecified atom stereocenters. The summed E-state index contributed by atoms with van der Waals surface area (Å²) >= 11 is 0. The Morgan fingerprint density at radius 3 is 2.86 bits per heavy atom. The number of benzene rings is 1. The molecule has 0 bridgehead atoms. The van der Waals surface area contributed by atoms with E-state index in [1.54, 1.807) is 12.5 Å². The van der Waals surface area contributed by atoms with Gasteiger partial charge in [-0.25, -0.2) is 18.4 Å². The molecule has 112 valence electrons. The number of anilines is 1. The summed E-state index contributed by atoms with van der Waals surface area (Å²) in [6.07, 6.45) is 5.43. The van der Waals surface area contributed by atoms with E-state index in [2.05, 4.69) is 9.97 Å². The first-order chi connectivity index (χ1) is 10.5. The molecule has 0 fully saturated rings. The largest absolute Gasteiger partial charge is 0.283 e. The van der Waals surface area contributed by atoms with Crippen molar-refractivity contribution in [3.63, 3.8) is 0 Å². The minimum atomic E-state index is -3.22. The third-order valence-electron chi connectivity index (χ3n) is 3.90. The third-order valence-corrected chi connectivity index (χ3v) is 5.08. The second kappa shape index (κ2) is 4.54. The zero-order chi connectivity index (χ0) is 15.3. The van der Waals surface area contributed by atoms with Crippen LogP contribution in [0.2, 0.25) is 0 Å². The number of nitrogens with zero attached hydrogens (tertiary/aromatic N) is 4. The number of imidazole rings is 1. The van der Waals surface area contributed by atoms with Crippen LogP contribution >= 0.6 is 0 Å². The minimum Gasteiger partial charge on any atom is -0.283 e. The van der Waals surface area contributed by atoms with E-state index in [9.17, 15) is 8.42 Å². The molecule has 0 saturated heterocycles. The number of sulfonamides is 1. The first-order valence-corrected chi connectivity index (χ1v) is 8.78. The molecule has 3 aromatic rings. The van der Waals surface area contributed by atoms with Gasteiger partial charge in [0.05, 0.1) is 11.9 Å². The summed E-state index contributed by atoms with van der Waals surface area (Å²) in [4.78, 5) is 8.70. The summed E-state index contributed by atoms with van der Waals surface area (Å²) in [6.45, 7) is 0.501. The molecule has 1 aliphatic rings. The van der Waals surface area contributed by atoms with Gasteiger partial charge < -0.3 is 0 Å². The van der Waals surface area contributed by atoms with Gasteiger partial charge in [0.2, 0.25) is 10.0 Å². The SMILES string of the molecule is CS(=O)(=O)N1CCc2cc(-n3cnc4cccnc43)ccc21. The van der Waals surface area contributed by atoms with Crippen LogP contribution < -0.4 is 4.31 Å². The Balaban J connectivity index is 1.83. The van der Waals surface area contributed by atoms with Crippen LogP contribution in [0, 0.1) is 0 Å². The lowest BCUT2D eigenvalue weighted by atomic mass is 10.1. The summed E-state index contributed by atoms with van der Waals surface area (Å²) in [5.41, 5.74) is 4.36. The molecular formula is C15H14N4O2S. The van der Waals surface area contributed by atoms with Gasteiger partial charge in [-0.1, -0.05) is 0 Å². The fraction of sp³-hybridized carbons (Fsp3) is 0.200. The average molecular weight is 314 g/mol. The number of pyridine rings is 1. The van der Waals surface area contributed by atoms with Crippen molar-refractivity contribution in [2.45, 2.75) is 6.42 Å². The molecule has 0 N–H and O–H groups in total. The molecular weight excluding hydrogens is 300 g/mol. The summed E-state index contributed by atoms with van der Waals surface area (Å²) in [7, 11) is -3.22. The maximum absolute atomic E-state index is 11.8. The maximum atomic E-state index is 11.8. The molecule has 0 aliphatic carbocycles. The highest BCUT2D eigenvalue weighted by molar-refractivity contribution is 7.92. The lowest BCUT2D eigenvalue weighted by molar-refractivity contribution is 0.598. The number of aromatic nitrogens is 3. The molecule has 0 spiro atoms. The topological polar surface area (TPSA) is 68.1 Å². The van der Waals surface area contributed by atoms with Crippen LogP contribution in [0.3, 0.4) is 0 Å². The van der Waals surface area contributed by atoms with E-state index < -0.39 is 10.0 Å². The van der Waals surface area contributed by atoms with Crippen molar-refractivity contribution in [1.82, 2.24) is 14.5 Å². The van der Waals surface area contributed by atoms with E-state index in [4.69, 9.17) is 0 Å². The molecule has 22 heavy (non-hydrogen) atoms. The van der Waals surface area contributed by atoms with Crippen molar-refractivity contribution >= 4 is 26.9 Å². The highest BCUT2D eigenvalue weighted by Crippen LogP contribution is 2.32. The molecule has 0 atom stereocenters. The molecule has 6 nitrogen and oxygen atoms in total. The van der Waals surface area contributed by atoms with Gasteiger partial charge in [-0.2, -0.15) is 0 Å². The zero-order valence-electron chi connectivity index (χ0n) is 12.0. The second-order valence-corrected chi connectivity index (χ2v) is 7.27. The van der Waals surface area contributed by atoms with Gasteiger partial charge in [-0.15, -0.1) is 0 Å². The second-order valence-electron chi connectivity index (χ2n) is 5.36. The van der Waals surface area contributed by atoms with E-state index in [-0.39, 0.29) is 0 Å². The fourth-order valence-corrected chi connectivity index (χ4v) is 3.85. The van der Waals surface area contributed by atoms with Gasteiger partial charge in [0.15, 0.2) is 5.65 Å². The Hall–Kier alpha value is -2.41. The molecule has 0 radical (unpaired) electrons. The molecule has 3 heterocycles. The van der Waals surface area contributed by atoms with Crippen molar-refractivity contribution in [1.29, 1.82) is 0 Å². The van der Waals surface area contributed by atoms with Gasteiger partial charge in [0.1, 0.15) is 11.8 Å². The van der Waals surface area contributed by atoms with Crippen molar-refractivity contribution in [2.24, 2.45) is 0 Å². The zero-order valence-corrected chi connectivity index (χ0v) is 12.8. The maximum Gasteiger partial charge on any atom is 0.232 e. The van der Waals surface area contributed by atoms with Gasteiger partial charge in [-0.05, 0) is 42.3 Å². The smallest absolute Gasteiger partial charge is 0.232 e. The molecule has 2 aromatic heterocycles. The van der Waals surface area contributed by atoms with Gasteiger partial charge in [0, 0.05) is 18.4 Å². The highest BCUT2D eigenvalue weighted by Gasteiger charge is 2.26. The normalized spacial score (nSPS) is 14.5. The summed E-state index contributed by atoms with van der Waals surface area (Å²) in [5.74, 6) is 0. The van der Waals surface area contributed by atoms with Crippen LogP contribution in [0.15, 0.2) is 42.9 Å². The lowest BCUT2D eigenvalue weighted by Crippen LogP contribution is -2.27. The lowest BCUT2D eigenvalue weighted by Gasteiger charge is -2.16. The van der Waals surface area contributed by atoms with Crippen molar-refractivity contribution < 1.29 is 8.42 Å². The average Bonchev–Trinajstić information content (AvgIpc) is 3.10. The van der Waals surface area contributed by atoms with Gasteiger partial charge >= 0.3 is 0 Å². The van der Waals surface area contributed by atoms with Gasteiger partial charge in [-0.3, -0.25) is 8.87 Å². The highest BCUT2D eigenvalue weighted by atomic mass is 32.2. The van der Waals surface area contributed by atoms with Crippen LogP contribution in [0.4, 0.5) is 5.69 Å². The monoisotopic (exact) mass is 314 g/mol. The Labute approximate surface area is 128 Å². The van der Waals surface area contributed by atoms with Crippen LogP contribution in [-0.2, 0) is 16.4 Å². The summed E-state index contributed by atoms with van der Waals surface area (Å²) in [6, 6.07) is 9.53. The molecule has 1 aromatic carbocycles.